The number of carbonyl (C=O) groups excluding carboxylic acids is 1. The molecule has 0 aliphatic rings. The van der Waals surface area contributed by atoms with Crippen LogP contribution in [0.15, 0.2) is 12.2 Å². The molecule has 0 aliphatic heterocycles. The molecule has 1 amide bonds. The average Bonchev–Trinajstić information content (AvgIpc) is 2.34. The van der Waals surface area contributed by atoms with E-state index in [0.29, 0.717) is 5.92 Å². The minimum absolute atomic E-state index is 0.00159. The summed E-state index contributed by atoms with van der Waals surface area (Å²) in [6.45, 7) is 6.67. The third-order valence-electron chi connectivity index (χ3n) is 2.15. The first-order valence-corrected chi connectivity index (χ1v) is 6.50. The summed E-state index contributed by atoms with van der Waals surface area (Å²) in [6, 6.07) is 0. The molecule has 2 nitrogen and oxygen atoms in total. The molecule has 98 valence electrons. The molecular weight excluding hydrogens is 222 g/mol. The van der Waals surface area contributed by atoms with Gasteiger partial charge in [0.05, 0.1) is 0 Å². The van der Waals surface area contributed by atoms with Crippen LogP contribution in [0, 0.1) is 29.6 Å². The Hall–Kier alpha value is -1.67. The van der Waals surface area contributed by atoms with Crippen molar-refractivity contribution in [2.75, 3.05) is 6.54 Å². The minimum Gasteiger partial charge on any atom is -0.352 e. The van der Waals surface area contributed by atoms with Gasteiger partial charge in [0, 0.05) is 13.0 Å². The van der Waals surface area contributed by atoms with Gasteiger partial charge in [0.25, 0.3) is 0 Å². The number of carbonyl (C=O) groups is 1. The quantitative estimate of drug-likeness (QED) is 0.417. The first-order valence-electron chi connectivity index (χ1n) is 6.50. The molecule has 0 radical (unpaired) electrons. The predicted molar refractivity (Wildman–Crippen MR) is 76.7 cm³/mol. The lowest BCUT2D eigenvalue weighted by Crippen LogP contribution is -2.25. The first-order chi connectivity index (χ1) is 8.66. The van der Waals surface area contributed by atoms with Crippen LogP contribution < -0.4 is 5.32 Å². The molecule has 0 aromatic rings. The number of hydrogen-bond acceptors (Lipinski definition) is 1. The first kappa shape index (κ1) is 16.3. The molecule has 0 atom stereocenters. The van der Waals surface area contributed by atoms with Gasteiger partial charge in [-0.3, -0.25) is 4.79 Å². The number of nitrogens with one attached hydrogen (secondary N) is 1. The van der Waals surface area contributed by atoms with Crippen molar-refractivity contribution >= 4 is 5.91 Å². The van der Waals surface area contributed by atoms with Gasteiger partial charge in [0.2, 0.25) is 5.91 Å². The molecule has 0 saturated heterocycles. The Kier molecular flexibility index (Phi) is 10.7. The van der Waals surface area contributed by atoms with Crippen LogP contribution in [0.1, 0.15) is 46.5 Å². The zero-order valence-corrected chi connectivity index (χ0v) is 11.7. The molecule has 0 saturated carbocycles. The van der Waals surface area contributed by atoms with E-state index in [1.54, 1.807) is 13.0 Å². The van der Waals surface area contributed by atoms with E-state index >= 15 is 0 Å². The molecule has 0 aromatic carbocycles. The Bertz CT molecular complexity index is 371. The summed E-state index contributed by atoms with van der Waals surface area (Å²) in [5.41, 5.74) is 0. The van der Waals surface area contributed by atoms with Crippen LogP contribution in [0.5, 0.6) is 0 Å². The fourth-order valence-electron chi connectivity index (χ4n) is 1.20. The normalized spacial score (nSPS) is 9.56. The van der Waals surface area contributed by atoms with Gasteiger partial charge >= 0.3 is 0 Å². The zero-order chi connectivity index (χ0) is 13.6. The Morgan fingerprint density at radius 3 is 2.72 bits per heavy atom. The number of rotatable bonds is 7. The lowest BCUT2D eigenvalue weighted by atomic mass is 10.2. The summed E-state index contributed by atoms with van der Waals surface area (Å²) in [4.78, 5) is 11.3. The van der Waals surface area contributed by atoms with Crippen LogP contribution in [0.2, 0.25) is 0 Å². The molecule has 0 unspecified atom stereocenters. The molecule has 2 heteroatoms. The average molecular weight is 245 g/mol. The summed E-state index contributed by atoms with van der Waals surface area (Å²) in [6.07, 6.45) is 7.46. The van der Waals surface area contributed by atoms with Crippen molar-refractivity contribution in [1.82, 2.24) is 5.32 Å². The van der Waals surface area contributed by atoms with Crippen molar-refractivity contribution in [1.29, 1.82) is 0 Å². The third kappa shape index (κ3) is 12.4. The van der Waals surface area contributed by atoms with Crippen molar-refractivity contribution in [2.45, 2.75) is 46.5 Å². The van der Waals surface area contributed by atoms with Crippen LogP contribution in [0.25, 0.3) is 0 Å². The van der Waals surface area contributed by atoms with E-state index in [2.05, 4.69) is 42.8 Å². The van der Waals surface area contributed by atoms with E-state index in [4.69, 9.17) is 0 Å². The molecule has 0 aliphatic carbocycles. The zero-order valence-electron chi connectivity index (χ0n) is 11.7. The van der Waals surface area contributed by atoms with Gasteiger partial charge in [0.15, 0.2) is 0 Å². The smallest absolute Gasteiger partial charge is 0.243 e. The van der Waals surface area contributed by atoms with E-state index in [1.165, 1.54) is 0 Å². The topological polar surface area (TPSA) is 29.1 Å². The van der Waals surface area contributed by atoms with Gasteiger partial charge in [-0.2, -0.15) is 0 Å². The summed E-state index contributed by atoms with van der Waals surface area (Å²) in [7, 11) is 0. The van der Waals surface area contributed by atoms with Crippen molar-refractivity contribution < 1.29 is 4.79 Å². The van der Waals surface area contributed by atoms with Crippen LogP contribution in [0.3, 0.4) is 0 Å². The second-order valence-corrected chi connectivity index (χ2v) is 4.46. The van der Waals surface area contributed by atoms with Gasteiger partial charge in [-0.15, -0.1) is 0 Å². The molecule has 1 N–H and O–H groups in total. The Labute approximate surface area is 111 Å². The Balaban J connectivity index is 3.50. The maximum Gasteiger partial charge on any atom is 0.243 e. The van der Waals surface area contributed by atoms with Crippen molar-refractivity contribution in [3.05, 3.63) is 12.2 Å². The van der Waals surface area contributed by atoms with Crippen molar-refractivity contribution in [3.8, 4) is 23.7 Å². The van der Waals surface area contributed by atoms with Crippen LogP contribution >= 0.6 is 0 Å². The maximum absolute atomic E-state index is 11.3. The third-order valence-corrected chi connectivity index (χ3v) is 2.15. The highest BCUT2D eigenvalue weighted by Crippen LogP contribution is 1.99. The highest BCUT2D eigenvalue weighted by Gasteiger charge is 1.96. The van der Waals surface area contributed by atoms with Crippen molar-refractivity contribution in [3.63, 3.8) is 0 Å². The van der Waals surface area contributed by atoms with Crippen LogP contribution in [-0.2, 0) is 4.79 Å². The van der Waals surface area contributed by atoms with Crippen molar-refractivity contribution in [2.24, 2.45) is 5.92 Å². The van der Waals surface area contributed by atoms with E-state index in [-0.39, 0.29) is 5.91 Å². The molecule has 0 spiro atoms. The Morgan fingerprint density at radius 2 is 2.06 bits per heavy atom. The van der Waals surface area contributed by atoms with Gasteiger partial charge < -0.3 is 5.32 Å². The lowest BCUT2D eigenvalue weighted by Gasteiger charge is -2.04. The monoisotopic (exact) mass is 245 g/mol. The van der Waals surface area contributed by atoms with E-state index in [1.807, 2.05) is 6.08 Å². The fourth-order valence-corrected chi connectivity index (χ4v) is 1.20. The molecular formula is C16H23NO. The summed E-state index contributed by atoms with van der Waals surface area (Å²) in [5, 5.41) is 2.84. The van der Waals surface area contributed by atoms with Crippen LogP contribution in [0.4, 0.5) is 0 Å². The summed E-state index contributed by atoms with van der Waals surface area (Å²) >= 11 is 0. The molecule has 0 heterocycles. The van der Waals surface area contributed by atoms with Gasteiger partial charge in [-0.1, -0.05) is 31.8 Å². The van der Waals surface area contributed by atoms with E-state index < -0.39 is 0 Å². The fraction of sp³-hybridized carbons (Fsp3) is 0.562. The molecule has 0 rings (SSSR count). The number of allylic oxidation sites excluding steroid dienone is 1. The van der Waals surface area contributed by atoms with Gasteiger partial charge in [-0.25, -0.2) is 0 Å². The second-order valence-electron chi connectivity index (χ2n) is 4.46. The predicted octanol–water partition coefficient (Wildman–Crippen LogP) is 2.90. The molecule has 0 fully saturated rings. The number of unbranched alkanes of at least 4 members (excludes halogenated alkanes) is 3. The van der Waals surface area contributed by atoms with E-state index in [9.17, 15) is 4.79 Å². The van der Waals surface area contributed by atoms with E-state index in [0.717, 1.165) is 32.2 Å². The summed E-state index contributed by atoms with van der Waals surface area (Å²) < 4.78 is 0. The van der Waals surface area contributed by atoms with Gasteiger partial charge in [-0.05, 0) is 50.0 Å². The minimum atomic E-state index is 0.00159. The highest BCUT2D eigenvalue weighted by atomic mass is 16.1. The second kappa shape index (κ2) is 11.8. The number of hydrogen-bond donors (Lipinski definition) is 1. The largest absolute Gasteiger partial charge is 0.352 e. The molecule has 18 heavy (non-hydrogen) atoms. The lowest BCUT2D eigenvalue weighted by molar-refractivity contribution is -0.116. The SMILES string of the molecule is CC#CC#CCCCCC=CC(=O)NCC(C)C. The van der Waals surface area contributed by atoms with Crippen LogP contribution in [-0.4, -0.2) is 12.5 Å². The Morgan fingerprint density at radius 1 is 1.28 bits per heavy atom. The standard InChI is InChI=1S/C16H23NO/c1-4-5-6-7-8-9-10-11-12-13-16(18)17-14-15(2)3/h12-13,15H,8-11,14H2,1-3H3,(H,17,18). The molecule has 0 aromatic heterocycles. The van der Waals surface area contributed by atoms with Gasteiger partial charge in [0.1, 0.15) is 0 Å². The number of amides is 1. The maximum atomic E-state index is 11.3. The summed E-state index contributed by atoms with van der Waals surface area (Å²) in [5.74, 6) is 11.7. The molecule has 0 bridgehead atoms. The highest BCUT2D eigenvalue weighted by molar-refractivity contribution is 5.87.